The van der Waals surface area contributed by atoms with Crippen LogP contribution in [0.5, 0.6) is 0 Å². The maximum absolute atomic E-state index is 9.17. The van der Waals surface area contributed by atoms with Gasteiger partial charge in [-0.25, -0.2) is 0 Å². The van der Waals surface area contributed by atoms with E-state index in [1.165, 1.54) is 27.8 Å². The molecule has 0 heterocycles. The Kier molecular flexibility index (Phi) is 4.07. The van der Waals surface area contributed by atoms with E-state index < -0.39 is 0 Å². The van der Waals surface area contributed by atoms with Gasteiger partial charge in [-0.2, -0.15) is 0 Å². The first-order valence-electron chi connectivity index (χ1n) is 10.7. The summed E-state index contributed by atoms with van der Waals surface area (Å²) in [6.07, 6.45) is 0.937. The minimum atomic E-state index is 0.570. The van der Waals surface area contributed by atoms with Crippen LogP contribution >= 0.6 is 0 Å². The normalized spacial score (nSPS) is 11.9. The molecule has 6 rings (SSSR count). The van der Waals surface area contributed by atoms with Gasteiger partial charge in [0.2, 0.25) is 0 Å². The molecule has 5 aromatic rings. The summed E-state index contributed by atoms with van der Waals surface area (Å²) in [5, 5.41) is 11.5. The predicted molar refractivity (Wildman–Crippen MR) is 130 cm³/mol. The summed E-state index contributed by atoms with van der Waals surface area (Å²) in [6.45, 7) is 0. The standard InChI is InChI=1S/C30H21N/c31-30(21-10-2-1-3-11-21)29-24-14-7-4-9-20(24)17-18-27(29)26-16-8-15-25-23-13-6-5-12-22(23)19-28(25)26/h1-18,31H,19H2. The minimum absolute atomic E-state index is 0.570. The Hall–Kier alpha value is -3.97. The summed E-state index contributed by atoms with van der Waals surface area (Å²) >= 11 is 0. The molecule has 0 saturated heterocycles. The predicted octanol–water partition coefficient (Wildman–Crippen LogP) is 7.49. The number of fused-ring (bicyclic) bond motifs is 4. The molecule has 0 atom stereocenters. The fraction of sp³-hybridized carbons (Fsp3) is 0.0333. The van der Waals surface area contributed by atoms with Crippen LogP contribution in [-0.4, -0.2) is 5.71 Å². The van der Waals surface area contributed by atoms with Crippen LogP contribution in [0.1, 0.15) is 22.3 Å². The topological polar surface area (TPSA) is 23.9 Å². The molecular weight excluding hydrogens is 374 g/mol. The molecule has 0 spiro atoms. The maximum Gasteiger partial charge on any atom is 0.0697 e. The van der Waals surface area contributed by atoms with Gasteiger partial charge in [-0.1, -0.05) is 109 Å². The maximum atomic E-state index is 9.17. The van der Waals surface area contributed by atoms with Crippen LogP contribution in [0.25, 0.3) is 33.0 Å². The fourth-order valence-electron chi connectivity index (χ4n) is 4.92. The van der Waals surface area contributed by atoms with Crippen molar-refractivity contribution in [1.29, 1.82) is 5.41 Å². The second kappa shape index (κ2) is 7.07. The second-order valence-corrected chi connectivity index (χ2v) is 8.12. The summed E-state index contributed by atoms with van der Waals surface area (Å²) in [5.74, 6) is 0. The third-order valence-electron chi connectivity index (χ3n) is 6.38. The van der Waals surface area contributed by atoms with Gasteiger partial charge in [0.15, 0.2) is 0 Å². The van der Waals surface area contributed by atoms with Crippen molar-refractivity contribution in [1.82, 2.24) is 0 Å². The zero-order valence-corrected chi connectivity index (χ0v) is 17.1. The molecule has 31 heavy (non-hydrogen) atoms. The van der Waals surface area contributed by atoms with Gasteiger partial charge >= 0.3 is 0 Å². The molecule has 1 nitrogen and oxygen atoms in total. The van der Waals surface area contributed by atoms with Crippen molar-refractivity contribution in [3.8, 4) is 22.3 Å². The van der Waals surface area contributed by atoms with E-state index in [0.717, 1.165) is 33.9 Å². The average molecular weight is 396 g/mol. The van der Waals surface area contributed by atoms with Crippen molar-refractivity contribution in [3.63, 3.8) is 0 Å². The number of benzene rings is 5. The smallest absolute Gasteiger partial charge is 0.0697 e. The van der Waals surface area contributed by atoms with Gasteiger partial charge in [0.05, 0.1) is 5.71 Å². The van der Waals surface area contributed by atoms with Crippen molar-refractivity contribution in [2.24, 2.45) is 0 Å². The monoisotopic (exact) mass is 395 g/mol. The zero-order chi connectivity index (χ0) is 20.8. The van der Waals surface area contributed by atoms with Crippen LogP contribution in [0.2, 0.25) is 0 Å². The van der Waals surface area contributed by atoms with Gasteiger partial charge in [0, 0.05) is 11.1 Å². The van der Waals surface area contributed by atoms with Gasteiger partial charge in [0.1, 0.15) is 0 Å². The van der Waals surface area contributed by atoms with Gasteiger partial charge in [-0.3, -0.25) is 5.41 Å². The quantitative estimate of drug-likeness (QED) is 0.300. The highest BCUT2D eigenvalue weighted by atomic mass is 14.4. The molecule has 0 unspecified atom stereocenters. The van der Waals surface area contributed by atoms with Gasteiger partial charge in [-0.15, -0.1) is 0 Å². The number of hydrogen-bond donors (Lipinski definition) is 1. The molecule has 0 bridgehead atoms. The molecule has 146 valence electrons. The summed E-state index contributed by atoms with van der Waals surface area (Å²) in [6, 6.07) is 38.2. The molecule has 0 amide bonds. The third kappa shape index (κ3) is 2.82. The van der Waals surface area contributed by atoms with Crippen LogP contribution in [0.15, 0.2) is 109 Å². The molecule has 0 fully saturated rings. The van der Waals surface area contributed by atoms with Crippen molar-refractivity contribution < 1.29 is 0 Å². The third-order valence-corrected chi connectivity index (χ3v) is 6.38. The van der Waals surface area contributed by atoms with E-state index in [2.05, 4.69) is 78.9 Å². The van der Waals surface area contributed by atoms with Crippen LogP contribution in [0, 0.1) is 5.41 Å². The first kappa shape index (κ1) is 17.9. The van der Waals surface area contributed by atoms with Crippen LogP contribution in [-0.2, 0) is 6.42 Å². The van der Waals surface area contributed by atoms with Crippen molar-refractivity contribution in [3.05, 3.63) is 131 Å². The Morgan fingerprint density at radius 3 is 2.10 bits per heavy atom. The second-order valence-electron chi connectivity index (χ2n) is 8.12. The molecule has 5 aromatic carbocycles. The van der Waals surface area contributed by atoms with E-state index in [1.807, 2.05) is 30.3 Å². The lowest BCUT2D eigenvalue weighted by atomic mass is 9.86. The lowest BCUT2D eigenvalue weighted by molar-refractivity contribution is 1.26. The highest BCUT2D eigenvalue weighted by Gasteiger charge is 2.23. The summed E-state index contributed by atoms with van der Waals surface area (Å²) < 4.78 is 0. The van der Waals surface area contributed by atoms with E-state index in [4.69, 9.17) is 5.41 Å². The molecule has 1 aliphatic carbocycles. The van der Waals surface area contributed by atoms with E-state index in [1.54, 1.807) is 0 Å². The molecule has 0 saturated carbocycles. The van der Waals surface area contributed by atoms with Gasteiger partial charge in [-0.05, 0) is 50.6 Å². The lowest BCUT2D eigenvalue weighted by Crippen LogP contribution is -2.05. The summed E-state index contributed by atoms with van der Waals surface area (Å²) in [4.78, 5) is 0. The Balaban J connectivity index is 1.63. The Bertz CT molecular complexity index is 1460. The van der Waals surface area contributed by atoms with Crippen molar-refractivity contribution in [2.45, 2.75) is 6.42 Å². The molecule has 0 radical (unpaired) electrons. The van der Waals surface area contributed by atoms with Crippen LogP contribution in [0.4, 0.5) is 0 Å². The molecule has 1 heteroatoms. The van der Waals surface area contributed by atoms with Crippen molar-refractivity contribution >= 4 is 16.5 Å². The van der Waals surface area contributed by atoms with Gasteiger partial charge in [0.25, 0.3) is 0 Å². The summed E-state index contributed by atoms with van der Waals surface area (Å²) in [7, 11) is 0. The van der Waals surface area contributed by atoms with Crippen molar-refractivity contribution in [2.75, 3.05) is 0 Å². The molecular formula is C30H21N. The molecule has 1 N–H and O–H groups in total. The highest BCUT2D eigenvalue weighted by molar-refractivity contribution is 6.21. The lowest BCUT2D eigenvalue weighted by Gasteiger charge is -2.17. The minimum Gasteiger partial charge on any atom is -0.300 e. The number of hydrogen-bond acceptors (Lipinski definition) is 1. The van der Waals surface area contributed by atoms with E-state index in [0.29, 0.717) is 5.71 Å². The van der Waals surface area contributed by atoms with E-state index in [-0.39, 0.29) is 0 Å². The highest BCUT2D eigenvalue weighted by Crippen LogP contribution is 2.43. The molecule has 0 aliphatic heterocycles. The van der Waals surface area contributed by atoms with Crippen LogP contribution < -0.4 is 0 Å². The molecule has 1 aliphatic rings. The molecule has 0 aromatic heterocycles. The zero-order valence-electron chi connectivity index (χ0n) is 17.1. The average Bonchev–Trinajstić information content (AvgIpc) is 3.22. The van der Waals surface area contributed by atoms with Crippen LogP contribution in [0.3, 0.4) is 0 Å². The Labute approximate surface area is 182 Å². The SMILES string of the molecule is N=C(c1ccccc1)c1c(-c2cccc3c2Cc2ccccc2-3)ccc2ccccc12. The van der Waals surface area contributed by atoms with E-state index in [9.17, 15) is 0 Å². The largest absolute Gasteiger partial charge is 0.300 e. The Morgan fingerprint density at radius 1 is 0.548 bits per heavy atom. The first-order chi connectivity index (χ1) is 15.3. The fourth-order valence-corrected chi connectivity index (χ4v) is 4.92. The van der Waals surface area contributed by atoms with E-state index >= 15 is 0 Å². The first-order valence-corrected chi connectivity index (χ1v) is 10.7. The van der Waals surface area contributed by atoms with Gasteiger partial charge < -0.3 is 0 Å². The number of nitrogens with one attached hydrogen (secondary N) is 1. The number of rotatable bonds is 3. The Morgan fingerprint density at radius 2 is 1.23 bits per heavy atom. The summed E-state index contributed by atoms with van der Waals surface area (Å²) in [5.41, 5.74) is 10.3.